The number of aliphatic hydroxyl groups excluding tert-OH is 1. The average molecular weight is 416 g/mol. The molecule has 2 heterocycles. The number of hydrogen-bond donors (Lipinski definition) is 2. The third kappa shape index (κ3) is 5.26. The first-order valence-corrected chi connectivity index (χ1v) is 9.00. The van der Waals surface area contributed by atoms with Crippen LogP contribution < -0.4 is 14.8 Å². The van der Waals surface area contributed by atoms with Crippen LogP contribution in [0.1, 0.15) is 25.2 Å². The molecule has 3 rings (SSSR count). The minimum absolute atomic E-state index is 0.0252. The van der Waals surface area contributed by atoms with Gasteiger partial charge in [-0.15, -0.1) is 5.10 Å². The van der Waals surface area contributed by atoms with E-state index in [0.29, 0.717) is 17.1 Å². The second kappa shape index (κ2) is 8.82. The normalized spacial score (nSPS) is 11.2. The van der Waals surface area contributed by atoms with E-state index in [2.05, 4.69) is 25.6 Å². The lowest BCUT2D eigenvalue weighted by molar-refractivity contribution is 0.157. The van der Waals surface area contributed by atoms with Gasteiger partial charge in [0.2, 0.25) is 11.8 Å². The number of carbonyl (C=O) groups is 1. The number of aliphatic hydroxyl groups is 1. The number of halogens is 1. The maximum Gasteiger partial charge on any atom is 0.414 e. The van der Waals surface area contributed by atoms with Crippen molar-refractivity contribution in [1.29, 1.82) is 0 Å². The SMILES string of the molecule is Cc1nnn(-c2ccc(F)cc2)c1COc1cnc(OC(=O)NC(C)(C)CO)cn1. The molecule has 0 spiro atoms. The molecule has 10 nitrogen and oxygen atoms in total. The highest BCUT2D eigenvalue weighted by Crippen LogP contribution is 2.16. The third-order valence-corrected chi connectivity index (χ3v) is 4.02. The van der Waals surface area contributed by atoms with E-state index in [1.54, 1.807) is 37.6 Å². The standard InChI is InChI=1S/C19H21FN6O4/c1-12-15(26(25-24-12)14-6-4-13(20)5-7-14)10-29-16-8-22-17(9-21-16)30-18(28)23-19(2,3)11-27/h4-9,27H,10-11H2,1-3H3,(H,23,28). The van der Waals surface area contributed by atoms with E-state index in [1.807, 2.05) is 0 Å². The van der Waals surface area contributed by atoms with Crippen molar-refractivity contribution in [2.75, 3.05) is 6.61 Å². The fourth-order valence-corrected chi connectivity index (χ4v) is 2.34. The minimum atomic E-state index is -0.826. The highest BCUT2D eigenvalue weighted by Gasteiger charge is 2.20. The first kappa shape index (κ1) is 21.1. The van der Waals surface area contributed by atoms with Crippen LogP contribution in [0.2, 0.25) is 0 Å². The molecular formula is C19H21FN6O4. The number of nitrogens with one attached hydrogen (secondary N) is 1. The number of ether oxygens (including phenoxy) is 2. The smallest absolute Gasteiger partial charge is 0.414 e. The number of amides is 1. The number of aromatic nitrogens is 5. The summed E-state index contributed by atoms with van der Waals surface area (Å²) in [4.78, 5) is 19.8. The number of benzene rings is 1. The second-order valence-corrected chi connectivity index (χ2v) is 7.05. The molecule has 0 aliphatic rings. The van der Waals surface area contributed by atoms with Gasteiger partial charge in [-0.1, -0.05) is 5.21 Å². The van der Waals surface area contributed by atoms with Gasteiger partial charge in [-0.25, -0.2) is 23.8 Å². The number of carbonyl (C=O) groups excluding carboxylic acids is 1. The van der Waals surface area contributed by atoms with Gasteiger partial charge in [0.25, 0.3) is 0 Å². The summed E-state index contributed by atoms with van der Waals surface area (Å²) in [5, 5.41) is 19.7. The van der Waals surface area contributed by atoms with Crippen LogP contribution in [0.5, 0.6) is 11.8 Å². The molecular weight excluding hydrogens is 395 g/mol. The molecule has 0 aliphatic carbocycles. The lowest BCUT2D eigenvalue weighted by atomic mass is 10.1. The highest BCUT2D eigenvalue weighted by atomic mass is 19.1. The molecule has 0 saturated heterocycles. The summed E-state index contributed by atoms with van der Waals surface area (Å²) in [7, 11) is 0. The Morgan fingerprint density at radius 3 is 2.50 bits per heavy atom. The predicted molar refractivity (Wildman–Crippen MR) is 103 cm³/mol. The van der Waals surface area contributed by atoms with E-state index in [0.717, 1.165) is 0 Å². The summed E-state index contributed by atoms with van der Waals surface area (Å²) in [6, 6.07) is 5.84. The molecule has 1 amide bonds. The summed E-state index contributed by atoms with van der Waals surface area (Å²) in [5.74, 6) is -0.174. The van der Waals surface area contributed by atoms with E-state index in [4.69, 9.17) is 14.6 Å². The van der Waals surface area contributed by atoms with Gasteiger partial charge in [0.15, 0.2) is 0 Å². The molecule has 0 radical (unpaired) electrons. The Kier molecular flexibility index (Phi) is 6.21. The molecule has 1 aromatic carbocycles. The molecule has 3 aromatic rings. The van der Waals surface area contributed by atoms with Gasteiger partial charge in [-0.2, -0.15) is 0 Å². The third-order valence-electron chi connectivity index (χ3n) is 4.02. The zero-order valence-corrected chi connectivity index (χ0v) is 16.7. The van der Waals surface area contributed by atoms with Gasteiger partial charge in [-0.3, -0.25) is 0 Å². The van der Waals surface area contributed by atoms with Crippen molar-refractivity contribution in [3.8, 4) is 17.4 Å². The van der Waals surface area contributed by atoms with Crippen LogP contribution in [-0.2, 0) is 6.61 Å². The number of aryl methyl sites for hydroxylation is 1. The molecule has 158 valence electrons. The summed E-state index contributed by atoms with van der Waals surface area (Å²) in [6.07, 6.45) is 1.78. The lowest BCUT2D eigenvalue weighted by Gasteiger charge is -2.22. The monoisotopic (exact) mass is 416 g/mol. The molecule has 0 atom stereocenters. The van der Waals surface area contributed by atoms with E-state index in [1.165, 1.54) is 24.5 Å². The Morgan fingerprint density at radius 2 is 1.87 bits per heavy atom. The highest BCUT2D eigenvalue weighted by molar-refractivity contribution is 5.70. The van der Waals surface area contributed by atoms with Crippen molar-refractivity contribution >= 4 is 6.09 Å². The van der Waals surface area contributed by atoms with Crippen LogP contribution in [0.3, 0.4) is 0 Å². The van der Waals surface area contributed by atoms with Gasteiger partial charge in [0.05, 0.1) is 35.9 Å². The van der Waals surface area contributed by atoms with Gasteiger partial charge >= 0.3 is 6.09 Å². The molecule has 0 fully saturated rings. The van der Waals surface area contributed by atoms with Gasteiger partial charge in [-0.05, 0) is 45.0 Å². The summed E-state index contributed by atoms with van der Waals surface area (Å²) >= 11 is 0. The van der Waals surface area contributed by atoms with Gasteiger partial charge < -0.3 is 19.9 Å². The first-order chi connectivity index (χ1) is 14.3. The maximum atomic E-state index is 13.2. The Bertz CT molecular complexity index is 1000. The molecule has 0 unspecified atom stereocenters. The van der Waals surface area contributed by atoms with Crippen LogP contribution in [0.25, 0.3) is 5.69 Å². The van der Waals surface area contributed by atoms with Crippen molar-refractivity contribution in [2.24, 2.45) is 0 Å². The molecule has 30 heavy (non-hydrogen) atoms. The lowest BCUT2D eigenvalue weighted by Crippen LogP contribution is -2.47. The van der Waals surface area contributed by atoms with Gasteiger partial charge in [0.1, 0.15) is 18.1 Å². The number of hydrogen-bond acceptors (Lipinski definition) is 8. The summed E-state index contributed by atoms with van der Waals surface area (Å²) in [6.45, 7) is 4.91. The topological polar surface area (TPSA) is 124 Å². The fourth-order valence-electron chi connectivity index (χ4n) is 2.34. The summed E-state index contributed by atoms with van der Waals surface area (Å²) < 4.78 is 25.4. The maximum absolute atomic E-state index is 13.2. The van der Waals surface area contributed by atoms with E-state index in [9.17, 15) is 9.18 Å². The van der Waals surface area contributed by atoms with Crippen LogP contribution in [0.15, 0.2) is 36.7 Å². The number of nitrogens with zero attached hydrogens (tertiary/aromatic N) is 5. The van der Waals surface area contributed by atoms with E-state index in [-0.39, 0.29) is 30.8 Å². The second-order valence-electron chi connectivity index (χ2n) is 7.05. The number of rotatable bonds is 7. The minimum Gasteiger partial charge on any atom is -0.470 e. The van der Waals surface area contributed by atoms with Crippen molar-refractivity contribution in [2.45, 2.75) is 32.9 Å². The van der Waals surface area contributed by atoms with Crippen molar-refractivity contribution < 1.29 is 23.8 Å². The molecule has 2 aromatic heterocycles. The van der Waals surface area contributed by atoms with Crippen LogP contribution >= 0.6 is 0 Å². The molecule has 2 N–H and O–H groups in total. The molecule has 0 saturated carbocycles. The Labute approximate surface area is 171 Å². The first-order valence-electron chi connectivity index (χ1n) is 9.00. The Balaban J connectivity index is 1.63. The predicted octanol–water partition coefficient (Wildman–Crippen LogP) is 1.94. The molecule has 0 aliphatic heterocycles. The zero-order valence-electron chi connectivity index (χ0n) is 16.7. The van der Waals surface area contributed by atoms with E-state index >= 15 is 0 Å². The molecule has 0 bridgehead atoms. The van der Waals surface area contributed by atoms with Crippen molar-refractivity contribution in [3.05, 3.63) is 53.9 Å². The fraction of sp³-hybridized carbons (Fsp3) is 0.316. The Hall–Kier alpha value is -3.60. The van der Waals surface area contributed by atoms with Crippen LogP contribution in [-0.4, -0.2) is 48.3 Å². The quantitative estimate of drug-likeness (QED) is 0.599. The largest absolute Gasteiger partial charge is 0.470 e. The molecule has 11 heteroatoms. The van der Waals surface area contributed by atoms with Crippen molar-refractivity contribution in [1.82, 2.24) is 30.3 Å². The van der Waals surface area contributed by atoms with Crippen LogP contribution in [0.4, 0.5) is 9.18 Å². The summed E-state index contributed by atoms with van der Waals surface area (Å²) in [5.41, 5.74) is 1.12. The van der Waals surface area contributed by atoms with Gasteiger partial charge in [0, 0.05) is 0 Å². The van der Waals surface area contributed by atoms with E-state index < -0.39 is 11.6 Å². The van der Waals surface area contributed by atoms with Crippen molar-refractivity contribution in [3.63, 3.8) is 0 Å². The Morgan fingerprint density at radius 1 is 1.20 bits per heavy atom. The van der Waals surface area contributed by atoms with Crippen LogP contribution in [0, 0.1) is 12.7 Å². The zero-order chi connectivity index (χ0) is 21.7. The average Bonchev–Trinajstić information content (AvgIpc) is 3.08.